The zero-order chi connectivity index (χ0) is 11.8. The summed E-state index contributed by atoms with van der Waals surface area (Å²) < 4.78 is 0. The van der Waals surface area contributed by atoms with Crippen LogP contribution < -0.4 is 0 Å². The zero-order valence-corrected chi connectivity index (χ0v) is 10.4. The Bertz CT molecular complexity index is 252. The number of carbonyl (C=O) groups excluding carboxylic acids is 2. The first-order valence-electron chi connectivity index (χ1n) is 6.59. The Balaban J connectivity index is 0.000000292. The van der Waals surface area contributed by atoms with E-state index in [1.165, 1.54) is 0 Å². The predicted molar refractivity (Wildman–Crippen MR) is 60.5 cm³/mol. The zero-order valence-electron chi connectivity index (χ0n) is 10.4. The molecule has 0 aromatic heterocycles. The van der Waals surface area contributed by atoms with Crippen LogP contribution in [0.1, 0.15) is 52.4 Å². The van der Waals surface area contributed by atoms with Crippen molar-refractivity contribution in [3.8, 4) is 0 Å². The van der Waals surface area contributed by atoms with E-state index in [1.54, 1.807) is 38.5 Å². The molecule has 2 heteroatoms. The summed E-state index contributed by atoms with van der Waals surface area (Å²) >= 11 is 0. The summed E-state index contributed by atoms with van der Waals surface area (Å²) in [6, 6.07) is 0. The van der Waals surface area contributed by atoms with Crippen molar-refractivity contribution in [2.45, 2.75) is 52.4 Å². The third kappa shape index (κ3) is 1.96. The lowest BCUT2D eigenvalue weighted by Gasteiger charge is -2.58. The van der Waals surface area contributed by atoms with Gasteiger partial charge in [0.2, 0.25) is 0 Å². The summed E-state index contributed by atoms with van der Waals surface area (Å²) in [5, 5.41) is 0. The summed E-state index contributed by atoms with van der Waals surface area (Å²) in [5.74, 6) is 4.34. The number of hydrogen-bond acceptors (Lipinski definition) is 2. The molecule has 4 saturated carbocycles. The monoisotopic (exact) mass is 222 g/mol. The van der Waals surface area contributed by atoms with Gasteiger partial charge < -0.3 is 0 Å². The minimum Gasteiger partial charge on any atom is -0.186 e. The second kappa shape index (κ2) is 4.33. The average Bonchev–Trinajstić information content (AvgIpc) is 2.16. The van der Waals surface area contributed by atoms with Gasteiger partial charge in [-0.3, -0.25) is 0 Å². The molecule has 4 aliphatic carbocycles. The van der Waals surface area contributed by atoms with Crippen molar-refractivity contribution in [2.24, 2.45) is 29.1 Å². The van der Waals surface area contributed by atoms with E-state index >= 15 is 0 Å². The van der Waals surface area contributed by atoms with Crippen molar-refractivity contribution in [3.63, 3.8) is 0 Å². The molecule has 16 heavy (non-hydrogen) atoms. The highest BCUT2D eigenvalue weighted by Gasteiger charge is 2.51. The number of rotatable bonds is 1. The average molecular weight is 222 g/mol. The van der Waals surface area contributed by atoms with Gasteiger partial charge in [-0.2, -0.15) is 9.59 Å². The van der Waals surface area contributed by atoms with Crippen LogP contribution in [0.5, 0.6) is 0 Å². The van der Waals surface area contributed by atoms with Gasteiger partial charge in [0.1, 0.15) is 0 Å². The minimum atomic E-state index is 0.250. The molecule has 0 amide bonds. The highest BCUT2D eigenvalue weighted by molar-refractivity contribution is 5.20. The lowest BCUT2D eigenvalue weighted by Crippen LogP contribution is -2.48. The van der Waals surface area contributed by atoms with Crippen LogP contribution in [0.4, 0.5) is 0 Å². The Morgan fingerprint density at radius 2 is 1.25 bits per heavy atom. The smallest absolute Gasteiger partial charge is 0.186 e. The van der Waals surface area contributed by atoms with Crippen molar-refractivity contribution >= 4 is 6.15 Å². The van der Waals surface area contributed by atoms with Crippen LogP contribution in [0.25, 0.3) is 0 Å². The maximum absolute atomic E-state index is 8.12. The predicted octanol–water partition coefficient (Wildman–Crippen LogP) is 3.28. The van der Waals surface area contributed by atoms with Crippen LogP contribution in [0, 0.1) is 29.1 Å². The second-order valence-corrected chi connectivity index (χ2v) is 6.52. The molecule has 4 rings (SSSR count). The maximum Gasteiger partial charge on any atom is 0.373 e. The SMILES string of the molecule is CC(C)C12CC3CC(CC(C3)C1)C2.O=C=O. The van der Waals surface area contributed by atoms with Crippen LogP contribution in [0.3, 0.4) is 0 Å². The molecule has 4 bridgehead atoms. The molecule has 0 aromatic carbocycles. The Labute approximate surface area is 97.8 Å². The van der Waals surface area contributed by atoms with Crippen LogP contribution in [0.15, 0.2) is 0 Å². The molecule has 90 valence electrons. The third-order valence-corrected chi connectivity index (χ3v) is 5.31. The van der Waals surface area contributed by atoms with E-state index < -0.39 is 0 Å². The fourth-order valence-corrected chi connectivity index (χ4v) is 4.88. The van der Waals surface area contributed by atoms with Crippen LogP contribution in [-0.2, 0) is 9.59 Å². The molecule has 2 nitrogen and oxygen atoms in total. The molecular weight excluding hydrogens is 200 g/mol. The van der Waals surface area contributed by atoms with E-state index in [4.69, 9.17) is 9.59 Å². The standard InChI is InChI=1S/C13H22.CO2/c1-9(2)13-6-10-3-11(7-13)5-12(4-10)8-13;2-1-3/h9-12H,3-8H2,1-2H3;. The Hall–Kier alpha value is -0.620. The Morgan fingerprint density at radius 1 is 0.938 bits per heavy atom. The Kier molecular flexibility index (Phi) is 3.21. The summed E-state index contributed by atoms with van der Waals surface area (Å²) in [4.78, 5) is 16.2. The summed E-state index contributed by atoms with van der Waals surface area (Å²) in [5.41, 5.74) is 0.800. The van der Waals surface area contributed by atoms with E-state index in [0.29, 0.717) is 0 Å². The topological polar surface area (TPSA) is 34.1 Å². The maximum atomic E-state index is 8.12. The normalized spacial score (nSPS) is 43.8. The summed E-state index contributed by atoms with van der Waals surface area (Å²) in [7, 11) is 0. The van der Waals surface area contributed by atoms with Crippen molar-refractivity contribution in [2.75, 3.05) is 0 Å². The molecule has 0 spiro atoms. The van der Waals surface area contributed by atoms with Crippen LogP contribution in [-0.4, -0.2) is 6.15 Å². The van der Waals surface area contributed by atoms with Gasteiger partial charge in [0, 0.05) is 0 Å². The molecule has 0 saturated heterocycles. The van der Waals surface area contributed by atoms with Gasteiger partial charge in [-0.1, -0.05) is 13.8 Å². The highest BCUT2D eigenvalue weighted by atomic mass is 16.2. The second-order valence-electron chi connectivity index (χ2n) is 6.52. The molecule has 0 aromatic rings. The van der Waals surface area contributed by atoms with E-state index in [0.717, 1.165) is 29.1 Å². The first kappa shape index (κ1) is 11.9. The molecule has 0 radical (unpaired) electrons. The van der Waals surface area contributed by atoms with Gasteiger partial charge in [-0.15, -0.1) is 0 Å². The van der Waals surface area contributed by atoms with Gasteiger partial charge in [0.05, 0.1) is 0 Å². The summed E-state index contributed by atoms with van der Waals surface area (Å²) in [6.07, 6.45) is 9.76. The fraction of sp³-hybridized carbons (Fsp3) is 0.929. The molecule has 0 heterocycles. The first-order chi connectivity index (χ1) is 7.59. The van der Waals surface area contributed by atoms with Crippen molar-refractivity contribution in [1.29, 1.82) is 0 Å². The lowest BCUT2D eigenvalue weighted by molar-refractivity contribution is -0.191. The van der Waals surface area contributed by atoms with Gasteiger partial charge in [-0.05, 0) is 67.6 Å². The Morgan fingerprint density at radius 3 is 1.50 bits per heavy atom. The van der Waals surface area contributed by atoms with Crippen molar-refractivity contribution in [3.05, 3.63) is 0 Å². The van der Waals surface area contributed by atoms with Gasteiger partial charge in [0.15, 0.2) is 0 Å². The first-order valence-corrected chi connectivity index (χ1v) is 6.59. The minimum absolute atomic E-state index is 0.250. The van der Waals surface area contributed by atoms with Crippen molar-refractivity contribution < 1.29 is 9.59 Å². The van der Waals surface area contributed by atoms with E-state index in [9.17, 15) is 0 Å². The summed E-state index contributed by atoms with van der Waals surface area (Å²) in [6.45, 7) is 4.93. The van der Waals surface area contributed by atoms with Crippen LogP contribution >= 0.6 is 0 Å². The molecule has 0 aliphatic heterocycles. The van der Waals surface area contributed by atoms with Crippen LogP contribution in [0.2, 0.25) is 0 Å². The molecular formula is C14H22O2. The molecule has 0 atom stereocenters. The molecule has 0 unspecified atom stereocenters. The van der Waals surface area contributed by atoms with Crippen molar-refractivity contribution in [1.82, 2.24) is 0 Å². The van der Waals surface area contributed by atoms with Gasteiger partial charge in [0.25, 0.3) is 0 Å². The fourth-order valence-electron chi connectivity index (χ4n) is 4.88. The highest BCUT2D eigenvalue weighted by Crippen LogP contribution is 2.62. The number of hydrogen-bond donors (Lipinski definition) is 0. The molecule has 0 N–H and O–H groups in total. The quantitative estimate of drug-likeness (QED) is 0.682. The largest absolute Gasteiger partial charge is 0.373 e. The molecule has 4 fully saturated rings. The third-order valence-electron chi connectivity index (χ3n) is 5.31. The van der Waals surface area contributed by atoms with Gasteiger partial charge in [-0.25, -0.2) is 0 Å². The van der Waals surface area contributed by atoms with Gasteiger partial charge >= 0.3 is 6.15 Å². The van der Waals surface area contributed by atoms with E-state index in [2.05, 4.69) is 13.8 Å². The van der Waals surface area contributed by atoms with E-state index in [-0.39, 0.29) is 6.15 Å². The van der Waals surface area contributed by atoms with E-state index in [1.807, 2.05) is 0 Å². The molecule has 4 aliphatic rings. The lowest BCUT2D eigenvalue weighted by atomic mass is 9.47.